The SMILES string of the molecule is COCCCNC(=O)CSc1nc2cc(Cl)ccc2c(=O)n1C(C)C. The monoisotopic (exact) mass is 383 g/mol. The van der Waals surface area contributed by atoms with E-state index in [1.54, 1.807) is 29.9 Å². The predicted octanol–water partition coefficient (Wildman–Crippen LogP) is 2.88. The van der Waals surface area contributed by atoms with E-state index >= 15 is 0 Å². The highest BCUT2D eigenvalue weighted by atomic mass is 35.5. The number of rotatable bonds is 8. The average Bonchev–Trinajstić information content (AvgIpc) is 2.56. The van der Waals surface area contributed by atoms with Crippen LogP contribution in [0.15, 0.2) is 28.2 Å². The summed E-state index contributed by atoms with van der Waals surface area (Å²) in [6.07, 6.45) is 0.760. The van der Waals surface area contributed by atoms with Crippen LogP contribution in [0.5, 0.6) is 0 Å². The Hall–Kier alpha value is -1.57. The van der Waals surface area contributed by atoms with Gasteiger partial charge in [0.25, 0.3) is 5.56 Å². The van der Waals surface area contributed by atoms with Gasteiger partial charge in [0.1, 0.15) is 0 Å². The minimum Gasteiger partial charge on any atom is -0.385 e. The van der Waals surface area contributed by atoms with E-state index in [0.717, 1.165) is 6.42 Å². The second-order valence-corrected chi connectivity index (χ2v) is 7.19. The van der Waals surface area contributed by atoms with Crippen LogP contribution >= 0.6 is 23.4 Å². The van der Waals surface area contributed by atoms with Crippen molar-refractivity contribution in [2.75, 3.05) is 26.0 Å². The number of thioether (sulfide) groups is 1. The van der Waals surface area contributed by atoms with E-state index in [1.807, 2.05) is 13.8 Å². The van der Waals surface area contributed by atoms with Gasteiger partial charge in [0.2, 0.25) is 5.91 Å². The summed E-state index contributed by atoms with van der Waals surface area (Å²) in [5.74, 6) is 0.0925. The molecule has 1 aromatic carbocycles. The van der Waals surface area contributed by atoms with Gasteiger partial charge in [0, 0.05) is 31.3 Å². The molecule has 0 fully saturated rings. The summed E-state index contributed by atoms with van der Waals surface area (Å²) in [6.45, 7) is 5.00. The van der Waals surface area contributed by atoms with Crippen molar-refractivity contribution in [3.63, 3.8) is 0 Å². The first-order chi connectivity index (χ1) is 11.9. The lowest BCUT2D eigenvalue weighted by molar-refractivity contribution is -0.118. The fourth-order valence-electron chi connectivity index (χ4n) is 2.33. The maximum atomic E-state index is 12.7. The number of benzene rings is 1. The van der Waals surface area contributed by atoms with Crippen LogP contribution < -0.4 is 10.9 Å². The predicted molar refractivity (Wildman–Crippen MR) is 102 cm³/mol. The number of hydrogen-bond donors (Lipinski definition) is 1. The van der Waals surface area contributed by atoms with Gasteiger partial charge in [-0.2, -0.15) is 0 Å². The molecule has 1 amide bonds. The zero-order chi connectivity index (χ0) is 18.4. The molecule has 25 heavy (non-hydrogen) atoms. The van der Waals surface area contributed by atoms with Crippen molar-refractivity contribution < 1.29 is 9.53 Å². The molecular weight excluding hydrogens is 362 g/mol. The number of nitrogens with one attached hydrogen (secondary N) is 1. The highest BCUT2D eigenvalue weighted by Crippen LogP contribution is 2.22. The fraction of sp³-hybridized carbons (Fsp3) is 0.471. The molecule has 0 radical (unpaired) electrons. The highest BCUT2D eigenvalue weighted by molar-refractivity contribution is 7.99. The summed E-state index contributed by atoms with van der Waals surface area (Å²) in [4.78, 5) is 29.2. The molecule has 136 valence electrons. The van der Waals surface area contributed by atoms with E-state index in [0.29, 0.717) is 34.2 Å². The molecular formula is C17H22ClN3O3S. The van der Waals surface area contributed by atoms with Crippen molar-refractivity contribution in [2.24, 2.45) is 0 Å². The average molecular weight is 384 g/mol. The van der Waals surface area contributed by atoms with E-state index in [2.05, 4.69) is 10.3 Å². The van der Waals surface area contributed by atoms with Crippen LogP contribution in [-0.2, 0) is 9.53 Å². The van der Waals surface area contributed by atoms with Crippen molar-refractivity contribution in [3.05, 3.63) is 33.6 Å². The second kappa shape index (κ2) is 9.22. The maximum absolute atomic E-state index is 12.7. The molecule has 0 saturated carbocycles. The molecule has 2 rings (SSSR count). The van der Waals surface area contributed by atoms with Crippen LogP contribution in [0.1, 0.15) is 26.3 Å². The summed E-state index contributed by atoms with van der Waals surface area (Å²) >= 11 is 7.25. The van der Waals surface area contributed by atoms with Crippen LogP contribution in [0.4, 0.5) is 0 Å². The molecule has 1 heterocycles. The standard InChI is InChI=1S/C17H22ClN3O3S/c1-11(2)21-16(23)13-6-5-12(18)9-14(13)20-17(21)25-10-15(22)19-7-4-8-24-3/h5-6,9,11H,4,7-8,10H2,1-3H3,(H,19,22). The Labute approximate surface area is 155 Å². The Kier molecular flexibility index (Phi) is 7.28. The summed E-state index contributed by atoms with van der Waals surface area (Å²) in [6, 6.07) is 4.96. The van der Waals surface area contributed by atoms with Crippen LogP contribution in [0, 0.1) is 0 Å². The largest absolute Gasteiger partial charge is 0.385 e. The number of methoxy groups -OCH3 is 1. The molecule has 6 nitrogen and oxygen atoms in total. The Bertz CT molecular complexity index is 808. The van der Waals surface area contributed by atoms with E-state index in [9.17, 15) is 9.59 Å². The number of amides is 1. The summed E-state index contributed by atoms with van der Waals surface area (Å²) in [5.41, 5.74) is 0.414. The molecule has 1 aromatic heterocycles. The number of nitrogens with zero attached hydrogens (tertiary/aromatic N) is 2. The molecule has 0 bridgehead atoms. The van der Waals surface area contributed by atoms with Gasteiger partial charge in [0.05, 0.1) is 16.7 Å². The maximum Gasteiger partial charge on any atom is 0.262 e. The molecule has 0 saturated heterocycles. The van der Waals surface area contributed by atoms with Gasteiger partial charge in [-0.05, 0) is 38.5 Å². The lowest BCUT2D eigenvalue weighted by atomic mass is 10.2. The first-order valence-corrected chi connectivity index (χ1v) is 9.40. The molecule has 8 heteroatoms. The van der Waals surface area contributed by atoms with E-state index < -0.39 is 0 Å². The Morgan fingerprint density at radius 1 is 1.44 bits per heavy atom. The third-order valence-corrected chi connectivity index (χ3v) is 4.72. The lowest BCUT2D eigenvalue weighted by Crippen LogP contribution is -2.28. The Morgan fingerprint density at radius 2 is 2.20 bits per heavy atom. The Morgan fingerprint density at radius 3 is 2.88 bits per heavy atom. The van der Waals surface area contributed by atoms with Gasteiger partial charge in [-0.15, -0.1) is 0 Å². The first kappa shape index (κ1) is 19.8. The van der Waals surface area contributed by atoms with Gasteiger partial charge < -0.3 is 10.1 Å². The molecule has 0 spiro atoms. The zero-order valence-electron chi connectivity index (χ0n) is 14.5. The zero-order valence-corrected chi connectivity index (χ0v) is 16.1. The second-order valence-electron chi connectivity index (χ2n) is 5.81. The third kappa shape index (κ3) is 5.20. The van der Waals surface area contributed by atoms with E-state index in [4.69, 9.17) is 16.3 Å². The Balaban J connectivity index is 2.20. The van der Waals surface area contributed by atoms with Crippen molar-refractivity contribution in [1.82, 2.24) is 14.9 Å². The number of carbonyl (C=O) groups is 1. The van der Waals surface area contributed by atoms with Gasteiger partial charge in [-0.25, -0.2) is 4.98 Å². The summed E-state index contributed by atoms with van der Waals surface area (Å²) in [5, 5.41) is 4.38. The highest BCUT2D eigenvalue weighted by Gasteiger charge is 2.15. The third-order valence-electron chi connectivity index (χ3n) is 3.53. The van der Waals surface area contributed by atoms with Crippen molar-refractivity contribution in [2.45, 2.75) is 31.5 Å². The van der Waals surface area contributed by atoms with E-state index in [-0.39, 0.29) is 23.3 Å². The topological polar surface area (TPSA) is 73.2 Å². The molecule has 0 aliphatic carbocycles. The van der Waals surface area contributed by atoms with Gasteiger partial charge in [-0.3, -0.25) is 14.2 Å². The number of aromatic nitrogens is 2. The van der Waals surface area contributed by atoms with E-state index in [1.165, 1.54) is 11.8 Å². The van der Waals surface area contributed by atoms with Crippen LogP contribution in [0.2, 0.25) is 5.02 Å². The lowest BCUT2D eigenvalue weighted by Gasteiger charge is -2.16. The smallest absolute Gasteiger partial charge is 0.262 e. The number of hydrogen-bond acceptors (Lipinski definition) is 5. The van der Waals surface area contributed by atoms with Gasteiger partial charge in [0.15, 0.2) is 5.16 Å². The molecule has 0 aliphatic rings. The molecule has 0 unspecified atom stereocenters. The molecule has 2 aromatic rings. The van der Waals surface area contributed by atoms with Crippen molar-refractivity contribution >= 4 is 40.2 Å². The number of halogens is 1. The molecule has 1 N–H and O–H groups in total. The molecule has 0 atom stereocenters. The summed E-state index contributed by atoms with van der Waals surface area (Å²) < 4.78 is 6.55. The van der Waals surface area contributed by atoms with Crippen LogP contribution in [0.25, 0.3) is 10.9 Å². The van der Waals surface area contributed by atoms with Crippen LogP contribution in [-0.4, -0.2) is 41.5 Å². The molecule has 0 aliphatic heterocycles. The number of ether oxygens (including phenoxy) is 1. The first-order valence-electron chi connectivity index (χ1n) is 8.04. The minimum atomic E-state index is -0.125. The number of fused-ring (bicyclic) bond motifs is 1. The summed E-state index contributed by atoms with van der Waals surface area (Å²) in [7, 11) is 1.63. The normalized spacial score (nSPS) is 11.2. The van der Waals surface area contributed by atoms with Gasteiger partial charge in [-0.1, -0.05) is 23.4 Å². The van der Waals surface area contributed by atoms with Gasteiger partial charge >= 0.3 is 0 Å². The van der Waals surface area contributed by atoms with Crippen molar-refractivity contribution in [3.8, 4) is 0 Å². The van der Waals surface area contributed by atoms with Crippen LogP contribution in [0.3, 0.4) is 0 Å². The number of carbonyl (C=O) groups excluding carboxylic acids is 1. The van der Waals surface area contributed by atoms with Crippen molar-refractivity contribution in [1.29, 1.82) is 0 Å². The minimum absolute atomic E-state index is 0.0626. The fourth-order valence-corrected chi connectivity index (χ4v) is 3.46. The quantitative estimate of drug-likeness (QED) is 0.431.